The standard InChI is InChI=1S/C20H25N5O/c1-24(18-13-7-8-14-19(18)26-2)15-9-4-10-16-25-22-20(21-23-25)17-11-5-3-6-12-17/h3,5-8,11-14H,4,9-10,15-16H2,1-2H3. The number of methoxy groups -OCH3 is 1. The molecule has 136 valence electrons. The average Bonchev–Trinajstić information content (AvgIpc) is 3.17. The molecule has 3 aromatic rings. The Kier molecular flexibility index (Phi) is 6.19. The monoisotopic (exact) mass is 351 g/mol. The van der Waals surface area contributed by atoms with Gasteiger partial charge < -0.3 is 9.64 Å². The van der Waals surface area contributed by atoms with Gasteiger partial charge in [-0.25, -0.2) is 0 Å². The Hall–Kier alpha value is -2.89. The molecule has 0 aliphatic carbocycles. The normalized spacial score (nSPS) is 10.7. The minimum Gasteiger partial charge on any atom is -0.495 e. The zero-order valence-electron chi connectivity index (χ0n) is 15.4. The van der Waals surface area contributed by atoms with Crippen molar-refractivity contribution in [2.75, 3.05) is 25.6 Å². The quantitative estimate of drug-likeness (QED) is 0.551. The van der Waals surface area contributed by atoms with Gasteiger partial charge in [-0.05, 0) is 36.6 Å². The molecule has 6 heteroatoms. The lowest BCUT2D eigenvalue weighted by Gasteiger charge is -2.21. The van der Waals surface area contributed by atoms with Crippen molar-refractivity contribution in [3.05, 3.63) is 54.6 Å². The summed E-state index contributed by atoms with van der Waals surface area (Å²) in [6.45, 7) is 1.78. The molecule has 0 unspecified atom stereocenters. The van der Waals surface area contributed by atoms with Gasteiger partial charge in [-0.3, -0.25) is 0 Å². The summed E-state index contributed by atoms with van der Waals surface area (Å²) in [6.07, 6.45) is 3.25. The summed E-state index contributed by atoms with van der Waals surface area (Å²) in [4.78, 5) is 3.92. The molecule has 0 saturated heterocycles. The van der Waals surface area contributed by atoms with E-state index in [-0.39, 0.29) is 0 Å². The molecule has 3 rings (SSSR count). The third-order valence-electron chi connectivity index (χ3n) is 4.33. The number of para-hydroxylation sites is 2. The van der Waals surface area contributed by atoms with Crippen LogP contribution in [0, 0.1) is 0 Å². The first-order chi connectivity index (χ1) is 12.8. The maximum atomic E-state index is 5.42. The van der Waals surface area contributed by atoms with Crippen LogP contribution in [0.15, 0.2) is 54.6 Å². The van der Waals surface area contributed by atoms with Crippen molar-refractivity contribution in [1.82, 2.24) is 20.2 Å². The smallest absolute Gasteiger partial charge is 0.204 e. The van der Waals surface area contributed by atoms with Gasteiger partial charge in [0, 0.05) is 19.2 Å². The number of nitrogens with zero attached hydrogens (tertiary/aromatic N) is 5. The predicted octanol–water partition coefficient (Wildman–Crippen LogP) is 3.66. The Morgan fingerprint density at radius 1 is 0.962 bits per heavy atom. The summed E-state index contributed by atoms with van der Waals surface area (Å²) in [5.74, 6) is 1.59. The molecule has 0 fully saturated rings. The van der Waals surface area contributed by atoms with Crippen LogP contribution < -0.4 is 9.64 Å². The molecule has 0 aliphatic rings. The number of benzene rings is 2. The van der Waals surface area contributed by atoms with E-state index in [9.17, 15) is 0 Å². The van der Waals surface area contributed by atoms with E-state index in [1.54, 1.807) is 11.9 Å². The van der Waals surface area contributed by atoms with Gasteiger partial charge in [-0.1, -0.05) is 42.5 Å². The van der Waals surface area contributed by atoms with Crippen molar-refractivity contribution in [3.8, 4) is 17.1 Å². The van der Waals surface area contributed by atoms with E-state index in [0.29, 0.717) is 5.82 Å². The van der Waals surface area contributed by atoms with Gasteiger partial charge in [0.1, 0.15) is 5.75 Å². The summed E-state index contributed by atoms with van der Waals surface area (Å²) < 4.78 is 5.42. The second-order valence-electron chi connectivity index (χ2n) is 6.23. The number of unbranched alkanes of at least 4 members (excludes halogenated alkanes) is 2. The number of aromatic nitrogens is 4. The van der Waals surface area contributed by atoms with Gasteiger partial charge in [0.25, 0.3) is 0 Å². The summed E-state index contributed by atoms with van der Waals surface area (Å²) in [5.41, 5.74) is 2.12. The third kappa shape index (κ3) is 4.59. The SMILES string of the molecule is COc1ccccc1N(C)CCCCCn1nnc(-c2ccccc2)n1. The zero-order valence-corrected chi connectivity index (χ0v) is 15.4. The number of tetrazole rings is 1. The largest absolute Gasteiger partial charge is 0.495 e. The molecule has 0 radical (unpaired) electrons. The van der Waals surface area contributed by atoms with E-state index < -0.39 is 0 Å². The number of ether oxygens (including phenoxy) is 1. The molecule has 1 heterocycles. The maximum Gasteiger partial charge on any atom is 0.204 e. The van der Waals surface area contributed by atoms with Gasteiger partial charge in [0.05, 0.1) is 19.3 Å². The Bertz CT molecular complexity index is 803. The third-order valence-corrected chi connectivity index (χ3v) is 4.33. The number of hydrogen-bond donors (Lipinski definition) is 0. The molecule has 26 heavy (non-hydrogen) atoms. The van der Waals surface area contributed by atoms with E-state index in [4.69, 9.17) is 4.74 Å². The summed E-state index contributed by atoms with van der Waals surface area (Å²) >= 11 is 0. The average molecular weight is 351 g/mol. The van der Waals surface area contributed by atoms with Crippen LogP contribution in [0.2, 0.25) is 0 Å². The lowest BCUT2D eigenvalue weighted by atomic mass is 10.2. The lowest BCUT2D eigenvalue weighted by molar-refractivity contribution is 0.414. The van der Waals surface area contributed by atoms with E-state index >= 15 is 0 Å². The summed E-state index contributed by atoms with van der Waals surface area (Å²) in [7, 11) is 3.81. The van der Waals surface area contributed by atoms with E-state index in [0.717, 1.165) is 49.4 Å². The fraction of sp³-hybridized carbons (Fsp3) is 0.350. The van der Waals surface area contributed by atoms with Crippen molar-refractivity contribution in [1.29, 1.82) is 0 Å². The van der Waals surface area contributed by atoms with Crippen LogP contribution in [0.5, 0.6) is 5.75 Å². The number of hydrogen-bond acceptors (Lipinski definition) is 5. The first-order valence-electron chi connectivity index (χ1n) is 8.95. The van der Waals surface area contributed by atoms with E-state index in [2.05, 4.69) is 33.4 Å². The minimum atomic E-state index is 0.682. The van der Waals surface area contributed by atoms with E-state index in [1.165, 1.54) is 0 Å². The van der Waals surface area contributed by atoms with Gasteiger partial charge >= 0.3 is 0 Å². The molecule has 0 N–H and O–H groups in total. The predicted molar refractivity (Wildman–Crippen MR) is 103 cm³/mol. The second kappa shape index (κ2) is 8.99. The highest BCUT2D eigenvalue weighted by Crippen LogP contribution is 2.26. The van der Waals surface area contributed by atoms with Gasteiger partial charge in [-0.15, -0.1) is 10.2 Å². The van der Waals surface area contributed by atoms with Crippen LogP contribution in [0.1, 0.15) is 19.3 Å². The Morgan fingerprint density at radius 2 is 1.73 bits per heavy atom. The van der Waals surface area contributed by atoms with Crippen LogP contribution in [0.3, 0.4) is 0 Å². The molecule has 0 spiro atoms. The summed E-state index contributed by atoms with van der Waals surface area (Å²) in [5, 5.41) is 12.7. The van der Waals surface area contributed by atoms with Crippen LogP contribution in [0.25, 0.3) is 11.4 Å². The maximum absolute atomic E-state index is 5.42. The highest BCUT2D eigenvalue weighted by atomic mass is 16.5. The molecule has 6 nitrogen and oxygen atoms in total. The topological polar surface area (TPSA) is 56.1 Å². The molecular formula is C20H25N5O. The van der Waals surface area contributed by atoms with Crippen LogP contribution in [0.4, 0.5) is 5.69 Å². The fourth-order valence-electron chi connectivity index (χ4n) is 2.89. The minimum absolute atomic E-state index is 0.682. The molecular weight excluding hydrogens is 326 g/mol. The Labute approximate surface area is 154 Å². The van der Waals surface area contributed by atoms with Gasteiger partial charge in [-0.2, -0.15) is 4.80 Å². The second-order valence-corrected chi connectivity index (χ2v) is 6.23. The zero-order chi connectivity index (χ0) is 18.2. The van der Waals surface area contributed by atoms with Crippen molar-refractivity contribution < 1.29 is 4.74 Å². The van der Waals surface area contributed by atoms with Crippen molar-refractivity contribution >= 4 is 5.69 Å². The van der Waals surface area contributed by atoms with Crippen molar-refractivity contribution in [3.63, 3.8) is 0 Å². The lowest BCUT2D eigenvalue weighted by Crippen LogP contribution is -2.19. The Morgan fingerprint density at radius 3 is 2.54 bits per heavy atom. The molecule has 2 aromatic carbocycles. The van der Waals surface area contributed by atoms with Crippen molar-refractivity contribution in [2.24, 2.45) is 0 Å². The van der Waals surface area contributed by atoms with E-state index in [1.807, 2.05) is 48.5 Å². The first-order valence-corrected chi connectivity index (χ1v) is 8.95. The van der Waals surface area contributed by atoms with Crippen LogP contribution >= 0.6 is 0 Å². The Balaban J connectivity index is 1.41. The highest BCUT2D eigenvalue weighted by molar-refractivity contribution is 5.57. The molecule has 0 amide bonds. The van der Waals surface area contributed by atoms with Crippen LogP contribution in [-0.2, 0) is 6.54 Å². The van der Waals surface area contributed by atoms with Gasteiger partial charge in [0.15, 0.2) is 0 Å². The first kappa shape index (κ1) is 17.9. The van der Waals surface area contributed by atoms with Crippen LogP contribution in [-0.4, -0.2) is 40.9 Å². The van der Waals surface area contributed by atoms with Crippen molar-refractivity contribution in [2.45, 2.75) is 25.8 Å². The molecule has 0 atom stereocenters. The number of aryl methyl sites for hydroxylation is 1. The highest BCUT2D eigenvalue weighted by Gasteiger charge is 2.07. The number of rotatable bonds is 9. The van der Waals surface area contributed by atoms with Gasteiger partial charge in [0.2, 0.25) is 5.82 Å². The molecule has 0 aliphatic heterocycles. The molecule has 0 saturated carbocycles. The summed E-state index contributed by atoms with van der Waals surface area (Å²) in [6, 6.07) is 18.0. The number of anilines is 1. The molecule has 0 bridgehead atoms. The fourth-order valence-corrected chi connectivity index (χ4v) is 2.89. The molecule has 1 aromatic heterocycles.